The van der Waals surface area contributed by atoms with Crippen molar-refractivity contribution >= 4 is 6.21 Å². The maximum absolute atomic E-state index is 5.55. The van der Waals surface area contributed by atoms with E-state index in [9.17, 15) is 0 Å². The van der Waals surface area contributed by atoms with Crippen molar-refractivity contribution in [2.75, 3.05) is 20.3 Å². The number of hydrogen-bond acceptors (Lipinski definition) is 6. The third-order valence-corrected chi connectivity index (χ3v) is 2.60. The predicted octanol–water partition coefficient (Wildman–Crippen LogP) is 0.940. The molecule has 98 valence electrons. The molecular formula is C12H12N4O3. The predicted molar refractivity (Wildman–Crippen MR) is 67.0 cm³/mol. The minimum Gasteiger partial charge on any atom is -0.493 e. The van der Waals surface area contributed by atoms with E-state index >= 15 is 0 Å². The highest BCUT2D eigenvalue weighted by Crippen LogP contribution is 2.39. The maximum atomic E-state index is 5.55. The summed E-state index contributed by atoms with van der Waals surface area (Å²) in [4.78, 5) is 0. The molecule has 0 atom stereocenters. The van der Waals surface area contributed by atoms with Crippen molar-refractivity contribution in [2.24, 2.45) is 5.10 Å². The molecule has 1 aliphatic heterocycles. The fourth-order valence-corrected chi connectivity index (χ4v) is 1.76. The van der Waals surface area contributed by atoms with Gasteiger partial charge >= 0.3 is 0 Å². The second-order valence-corrected chi connectivity index (χ2v) is 3.83. The molecule has 0 amide bonds. The van der Waals surface area contributed by atoms with Gasteiger partial charge in [0.15, 0.2) is 11.5 Å². The topological polar surface area (TPSA) is 70.8 Å². The summed E-state index contributed by atoms with van der Waals surface area (Å²) in [7, 11) is 1.59. The van der Waals surface area contributed by atoms with Crippen LogP contribution in [0.4, 0.5) is 0 Å². The summed E-state index contributed by atoms with van der Waals surface area (Å²) < 4.78 is 17.9. The van der Waals surface area contributed by atoms with Gasteiger partial charge in [0, 0.05) is 5.56 Å². The minimum absolute atomic E-state index is 0.525. The van der Waals surface area contributed by atoms with Gasteiger partial charge in [-0.1, -0.05) is 0 Å². The van der Waals surface area contributed by atoms with Crippen LogP contribution in [0.3, 0.4) is 0 Å². The molecule has 0 fully saturated rings. The van der Waals surface area contributed by atoms with Crippen molar-refractivity contribution in [3.8, 4) is 17.2 Å². The first-order valence-corrected chi connectivity index (χ1v) is 5.73. The molecule has 0 bridgehead atoms. The Morgan fingerprint density at radius 2 is 2.05 bits per heavy atom. The number of benzene rings is 1. The normalized spacial score (nSPS) is 13.7. The van der Waals surface area contributed by atoms with Crippen LogP contribution >= 0.6 is 0 Å². The lowest BCUT2D eigenvalue weighted by molar-refractivity contribution is 0.165. The molecule has 1 aromatic carbocycles. The Kier molecular flexibility index (Phi) is 3.01. The largest absolute Gasteiger partial charge is 0.493 e. The van der Waals surface area contributed by atoms with Gasteiger partial charge < -0.3 is 14.2 Å². The van der Waals surface area contributed by atoms with Gasteiger partial charge in [-0.25, -0.2) is 4.68 Å². The highest BCUT2D eigenvalue weighted by Gasteiger charge is 2.17. The van der Waals surface area contributed by atoms with Gasteiger partial charge in [-0.15, -0.1) is 10.2 Å². The van der Waals surface area contributed by atoms with E-state index < -0.39 is 0 Å². The monoisotopic (exact) mass is 260 g/mol. The average molecular weight is 260 g/mol. The van der Waals surface area contributed by atoms with Crippen LogP contribution in [0.15, 0.2) is 29.9 Å². The molecular weight excluding hydrogens is 248 g/mol. The fraction of sp³-hybridized carbons (Fsp3) is 0.250. The first-order valence-electron chi connectivity index (χ1n) is 5.73. The first-order chi connectivity index (χ1) is 9.36. The Morgan fingerprint density at radius 1 is 1.26 bits per heavy atom. The molecule has 0 unspecified atom stereocenters. The third-order valence-electron chi connectivity index (χ3n) is 2.60. The van der Waals surface area contributed by atoms with Crippen molar-refractivity contribution in [1.82, 2.24) is 14.9 Å². The van der Waals surface area contributed by atoms with Crippen molar-refractivity contribution in [2.45, 2.75) is 0 Å². The van der Waals surface area contributed by atoms with E-state index in [0.717, 1.165) is 5.56 Å². The van der Waals surface area contributed by atoms with E-state index in [-0.39, 0.29) is 0 Å². The van der Waals surface area contributed by atoms with Crippen LogP contribution < -0.4 is 14.2 Å². The number of nitrogens with zero attached hydrogens (tertiary/aromatic N) is 4. The maximum Gasteiger partial charge on any atom is 0.203 e. The van der Waals surface area contributed by atoms with Crippen LogP contribution in [-0.2, 0) is 0 Å². The Hall–Kier alpha value is -2.57. The van der Waals surface area contributed by atoms with Gasteiger partial charge in [-0.3, -0.25) is 0 Å². The number of aromatic nitrogens is 3. The van der Waals surface area contributed by atoms with E-state index in [1.807, 2.05) is 12.1 Å². The van der Waals surface area contributed by atoms with Crippen LogP contribution in [0.5, 0.6) is 17.2 Å². The van der Waals surface area contributed by atoms with E-state index in [4.69, 9.17) is 14.2 Å². The van der Waals surface area contributed by atoms with E-state index in [1.54, 1.807) is 13.3 Å². The lowest BCUT2D eigenvalue weighted by Gasteiger charge is -2.20. The lowest BCUT2D eigenvalue weighted by atomic mass is 10.2. The van der Waals surface area contributed by atoms with Crippen LogP contribution in [-0.4, -0.2) is 41.4 Å². The highest BCUT2D eigenvalue weighted by atomic mass is 16.6. The first kappa shape index (κ1) is 11.5. The summed E-state index contributed by atoms with van der Waals surface area (Å²) in [5.41, 5.74) is 0.842. The Labute approximate surface area is 109 Å². The summed E-state index contributed by atoms with van der Waals surface area (Å²) in [5, 5.41) is 11.5. The molecule has 7 nitrogen and oxygen atoms in total. The Bertz CT molecular complexity index is 578. The smallest absolute Gasteiger partial charge is 0.203 e. The van der Waals surface area contributed by atoms with Gasteiger partial charge in [0.25, 0.3) is 0 Å². The summed E-state index contributed by atoms with van der Waals surface area (Å²) in [6, 6.07) is 3.69. The summed E-state index contributed by atoms with van der Waals surface area (Å²) in [5.74, 6) is 1.92. The molecule has 1 aromatic heterocycles. The number of ether oxygens (including phenoxy) is 3. The van der Waals surface area contributed by atoms with Crippen LogP contribution in [0.1, 0.15) is 5.56 Å². The van der Waals surface area contributed by atoms with Crippen LogP contribution in [0, 0.1) is 0 Å². The van der Waals surface area contributed by atoms with Gasteiger partial charge in [-0.2, -0.15) is 5.10 Å². The van der Waals surface area contributed by atoms with Crippen LogP contribution in [0.2, 0.25) is 0 Å². The summed E-state index contributed by atoms with van der Waals surface area (Å²) in [6.45, 7) is 1.06. The number of fused-ring (bicyclic) bond motifs is 1. The van der Waals surface area contributed by atoms with Gasteiger partial charge in [-0.05, 0) is 12.1 Å². The quantitative estimate of drug-likeness (QED) is 0.768. The van der Waals surface area contributed by atoms with Crippen LogP contribution in [0.25, 0.3) is 0 Å². The van der Waals surface area contributed by atoms with Crippen molar-refractivity contribution in [3.05, 3.63) is 30.4 Å². The Morgan fingerprint density at radius 3 is 2.84 bits per heavy atom. The molecule has 0 saturated carbocycles. The third kappa shape index (κ3) is 2.35. The van der Waals surface area contributed by atoms with Gasteiger partial charge in [0.2, 0.25) is 5.75 Å². The van der Waals surface area contributed by atoms with Crippen molar-refractivity contribution in [3.63, 3.8) is 0 Å². The molecule has 0 N–H and O–H groups in total. The number of methoxy groups -OCH3 is 1. The second-order valence-electron chi connectivity index (χ2n) is 3.83. The number of rotatable bonds is 3. The fourth-order valence-electron chi connectivity index (χ4n) is 1.76. The highest BCUT2D eigenvalue weighted by molar-refractivity contribution is 5.82. The summed E-state index contributed by atoms with van der Waals surface area (Å²) >= 11 is 0. The molecule has 7 heteroatoms. The minimum atomic E-state index is 0.525. The molecule has 2 aromatic rings. The Balaban J connectivity index is 1.94. The zero-order valence-electron chi connectivity index (χ0n) is 10.3. The van der Waals surface area contributed by atoms with E-state index in [0.29, 0.717) is 30.5 Å². The molecule has 0 aliphatic carbocycles. The van der Waals surface area contributed by atoms with E-state index in [1.165, 1.54) is 17.3 Å². The summed E-state index contributed by atoms with van der Waals surface area (Å²) in [6.07, 6.45) is 4.68. The van der Waals surface area contributed by atoms with Gasteiger partial charge in [0.05, 0.1) is 13.3 Å². The zero-order valence-corrected chi connectivity index (χ0v) is 10.3. The van der Waals surface area contributed by atoms with Crippen molar-refractivity contribution in [1.29, 1.82) is 0 Å². The molecule has 3 rings (SSSR count). The second kappa shape index (κ2) is 4.97. The standard InChI is InChI=1S/C12H12N4O3/c1-17-10-4-9(6-15-16-7-13-14-8-16)5-11-12(10)19-3-2-18-11/h4-8H,2-3H2,1H3/b15-6-. The molecule has 0 spiro atoms. The van der Waals surface area contributed by atoms with Gasteiger partial charge in [0.1, 0.15) is 25.9 Å². The van der Waals surface area contributed by atoms with E-state index in [2.05, 4.69) is 15.3 Å². The molecule has 19 heavy (non-hydrogen) atoms. The average Bonchev–Trinajstić information content (AvgIpc) is 2.97. The molecule has 0 saturated heterocycles. The zero-order chi connectivity index (χ0) is 13.1. The molecule has 2 heterocycles. The van der Waals surface area contributed by atoms with Crippen molar-refractivity contribution < 1.29 is 14.2 Å². The lowest BCUT2D eigenvalue weighted by Crippen LogP contribution is -2.16. The SMILES string of the molecule is COc1cc(/C=N\n2cnnc2)cc2c1OCCO2. The molecule has 1 aliphatic rings. The number of hydrogen-bond donors (Lipinski definition) is 0. The molecule has 0 radical (unpaired) electrons.